The molecular weight excluding hydrogens is 404 g/mol. The molecule has 2 aliphatic heterocycles. The number of hydrogen-bond acceptors (Lipinski definition) is 7. The van der Waals surface area contributed by atoms with Crippen LogP contribution in [0, 0.1) is 0 Å². The van der Waals surface area contributed by atoms with Crippen LogP contribution in [0.5, 0.6) is 0 Å². The first-order valence-corrected chi connectivity index (χ1v) is 10.0. The van der Waals surface area contributed by atoms with Gasteiger partial charge in [0.1, 0.15) is 0 Å². The molecular formula is C20H18N6O3S. The Morgan fingerprint density at radius 1 is 1.13 bits per heavy atom. The number of hydrazone groups is 1. The number of amidine groups is 1. The zero-order valence-electron chi connectivity index (χ0n) is 15.7. The van der Waals surface area contributed by atoms with Crippen LogP contribution >= 0.6 is 11.8 Å². The van der Waals surface area contributed by atoms with E-state index >= 15 is 0 Å². The van der Waals surface area contributed by atoms with E-state index in [1.165, 1.54) is 17.8 Å². The number of carbonyl (C=O) groups is 3. The summed E-state index contributed by atoms with van der Waals surface area (Å²) >= 11 is 1.24. The lowest BCUT2D eigenvalue weighted by molar-refractivity contribution is -0.118. The minimum absolute atomic E-state index is 0.108. The quantitative estimate of drug-likeness (QED) is 0.571. The van der Waals surface area contributed by atoms with Gasteiger partial charge in [0.05, 0.1) is 11.4 Å². The molecule has 5 N–H and O–H groups in total. The third kappa shape index (κ3) is 4.13. The minimum atomic E-state index is -0.527. The van der Waals surface area contributed by atoms with Gasteiger partial charge < -0.3 is 16.4 Å². The second-order valence-corrected chi connectivity index (χ2v) is 7.42. The lowest BCUT2D eigenvalue weighted by Crippen LogP contribution is -2.53. The molecule has 0 saturated carbocycles. The number of nitrogens with one attached hydrogen (secondary N) is 3. The number of amides is 3. The molecule has 3 amide bonds. The van der Waals surface area contributed by atoms with Crippen molar-refractivity contribution in [3.63, 3.8) is 0 Å². The van der Waals surface area contributed by atoms with Crippen molar-refractivity contribution in [1.82, 2.24) is 15.6 Å². The zero-order chi connectivity index (χ0) is 21.1. The summed E-state index contributed by atoms with van der Waals surface area (Å²) in [5.41, 5.74) is 10.6. The maximum Gasteiger partial charge on any atom is 0.249 e. The largest absolute Gasteiger partial charge is 0.366 e. The summed E-state index contributed by atoms with van der Waals surface area (Å²) in [6.07, 6.45) is 1.000. The molecule has 9 nitrogen and oxygen atoms in total. The molecule has 0 bridgehead atoms. The predicted octanol–water partition coefficient (Wildman–Crippen LogP) is 1.09. The Kier molecular flexibility index (Phi) is 5.40. The number of hydrogen-bond donors (Lipinski definition) is 4. The summed E-state index contributed by atoms with van der Waals surface area (Å²) in [6.45, 7) is 0. The molecule has 0 saturated heterocycles. The average Bonchev–Trinajstić information content (AvgIpc) is 3.15. The molecule has 2 aromatic carbocycles. The van der Waals surface area contributed by atoms with Crippen LogP contribution < -0.4 is 21.8 Å². The normalized spacial score (nSPS) is 17.3. The second kappa shape index (κ2) is 8.29. The Labute approximate surface area is 176 Å². The van der Waals surface area contributed by atoms with Gasteiger partial charge >= 0.3 is 0 Å². The van der Waals surface area contributed by atoms with Crippen molar-refractivity contribution in [3.8, 4) is 0 Å². The van der Waals surface area contributed by atoms with Gasteiger partial charge in [0.25, 0.3) is 0 Å². The zero-order valence-corrected chi connectivity index (χ0v) is 16.5. The molecule has 0 aromatic heterocycles. The van der Waals surface area contributed by atoms with Crippen LogP contribution in [0.25, 0.3) is 5.70 Å². The van der Waals surface area contributed by atoms with Crippen molar-refractivity contribution < 1.29 is 14.4 Å². The molecule has 10 heteroatoms. The van der Waals surface area contributed by atoms with Crippen LogP contribution in [-0.4, -0.2) is 39.8 Å². The summed E-state index contributed by atoms with van der Waals surface area (Å²) in [5.74, 6) is -0.872. The molecule has 2 aliphatic rings. The first-order valence-electron chi connectivity index (χ1n) is 9.04. The van der Waals surface area contributed by atoms with E-state index < -0.39 is 12.2 Å². The number of primary amides is 1. The van der Waals surface area contributed by atoms with Gasteiger partial charge in [-0.25, -0.2) is 0 Å². The van der Waals surface area contributed by atoms with Gasteiger partial charge in [0, 0.05) is 17.3 Å². The van der Waals surface area contributed by atoms with Crippen molar-refractivity contribution in [2.75, 3.05) is 11.1 Å². The highest BCUT2D eigenvalue weighted by molar-refractivity contribution is 8.14. The maximum atomic E-state index is 12.3. The number of benzene rings is 2. The Morgan fingerprint density at radius 2 is 1.87 bits per heavy atom. The summed E-state index contributed by atoms with van der Waals surface area (Å²) in [4.78, 5) is 37.3. The predicted molar refractivity (Wildman–Crippen MR) is 115 cm³/mol. The van der Waals surface area contributed by atoms with Crippen molar-refractivity contribution in [3.05, 3.63) is 71.8 Å². The van der Waals surface area contributed by atoms with E-state index in [2.05, 4.69) is 21.2 Å². The smallest absolute Gasteiger partial charge is 0.249 e. The molecule has 0 aliphatic carbocycles. The third-order valence-corrected chi connectivity index (χ3v) is 5.36. The molecule has 4 rings (SSSR count). The van der Waals surface area contributed by atoms with E-state index in [1.54, 1.807) is 24.3 Å². The van der Waals surface area contributed by atoms with E-state index in [0.717, 1.165) is 5.56 Å². The fourth-order valence-corrected chi connectivity index (χ4v) is 3.82. The minimum Gasteiger partial charge on any atom is -0.366 e. The van der Waals surface area contributed by atoms with Gasteiger partial charge in [0.15, 0.2) is 11.5 Å². The average molecular weight is 422 g/mol. The Bertz CT molecular complexity index is 1050. The molecule has 152 valence electrons. The number of carbonyl (C=O) groups excluding carboxylic acids is 3. The lowest BCUT2D eigenvalue weighted by Gasteiger charge is -2.32. The van der Waals surface area contributed by atoms with Crippen molar-refractivity contribution >= 4 is 46.0 Å². The second-order valence-electron chi connectivity index (χ2n) is 6.48. The maximum absolute atomic E-state index is 12.3. The first kappa shape index (κ1) is 19.5. The van der Waals surface area contributed by atoms with Gasteiger partial charge in [-0.05, 0) is 29.8 Å². The Hall–Kier alpha value is -3.79. The highest BCUT2D eigenvalue weighted by Gasteiger charge is 2.36. The number of nitrogens with two attached hydrogens (primary N) is 1. The van der Waals surface area contributed by atoms with Gasteiger partial charge in [0.2, 0.25) is 17.7 Å². The van der Waals surface area contributed by atoms with Gasteiger partial charge in [-0.15, -0.1) is 0 Å². The van der Waals surface area contributed by atoms with Crippen LogP contribution in [0.4, 0.5) is 5.69 Å². The first-order chi connectivity index (χ1) is 14.5. The van der Waals surface area contributed by atoms with Crippen LogP contribution in [0.2, 0.25) is 0 Å². The SMILES string of the molecule is NC(=O)c1ccc(NC(=O)CSC2=NNC3NC(=O)C=C(c4ccccc4)N23)cc1. The fraction of sp³-hybridized carbons (Fsp3) is 0.100. The molecule has 0 fully saturated rings. The van der Waals surface area contributed by atoms with Gasteiger partial charge in [-0.2, -0.15) is 5.10 Å². The Morgan fingerprint density at radius 3 is 2.57 bits per heavy atom. The number of fused-ring (bicyclic) bond motifs is 1. The molecule has 0 radical (unpaired) electrons. The molecule has 1 unspecified atom stereocenters. The van der Waals surface area contributed by atoms with E-state index in [4.69, 9.17) is 5.73 Å². The molecule has 0 spiro atoms. The number of rotatable bonds is 5. The van der Waals surface area contributed by atoms with Crippen LogP contribution in [-0.2, 0) is 9.59 Å². The lowest BCUT2D eigenvalue weighted by atomic mass is 10.1. The fourth-order valence-electron chi connectivity index (χ4n) is 3.03. The van der Waals surface area contributed by atoms with Crippen LogP contribution in [0.3, 0.4) is 0 Å². The van der Waals surface area contributed by atoms with E-state index in [1.807, 2.05) is 35.2 Å². The summed E-state index contributed by atoms with van der Waals surface area (Å²) < 4.78 is 0. The highest BCUT2D eigenvalue weighted by Crippen LogP contribution is 2.29. The summed E-state index contributed by atoms with van der Waals surface area (Å²) in [7, 11) is 0. The standard InChI is InChI=1S/C20H18N6O3S/c21-18(29)13-6-8-14(9-7-13)22-17(28)11-30-20-25-24-19-23-16(27)10-15(26(19)20)12-4-2-1-3-5-12/h1-10,19,24H,11H2,(H2,21,29)(H,22,28)(H,23,27). The third-order valence-electron chi connectivity index (χ3n) is 4.41. The highest BCUT2D eigenvalue weighted by atomic mass is 32.2. The number of nitrogens with zero attached hydrogens (tertiary/aromatic N) is 2. The molecule has 1 atom stereocenters. The molecule has 30 heavy (non-hydrogen) atoms. The Balaban J connectivity index is 1.42. The van der Waals surface area contributed by atoms with Crippen molar-refractivity contribution in [2.24, 2.45) is 10.8 Å². The van der Waals surface area contributed by atoms with Crippen LogP contribution in [0.1, 0.15) is 15.9 Å². The topological polar surface area (TPSA) is 129 Å². The molecule has 2 aromatic rings. The van der Waals surface area contributed by atoms with E-state index in [-0.39, 0.29) is 17.6 Å². The summed E-state index contributed by atoms with van der Waals surface area (Å²) in [6, 6.07) is 15.8. The monoisotopic (exact) mass is 422 g/mol. The van der Waals surface area contributed by atoms with E-state index in [0.29, 0.717) is 22.1 Å². The van der Waals surface area contributed by atoms with Gasteiger partial charge in [-0.3, -0.25) is 24.7 Å². The van der Waals surface area contributed by atoms with Crippen molar-refractivity contribution in [1.29, 1.82) is 0 Å². The number of thioether (sulfide) groups is 1. The molecule has 2 heterocycles. The summed E-state index contributed by atoms with van der Waals surface area (Å²) in [5, 5.41) is 10.4. The van der Waals surface area contributed by atoms with Crippen LogP contribution in [0.15, 0.2) is 65.8 Å². The number of anilines is 1. The van der Waals surface area contributed by atoms with Gasteiger partial charge in [-0.1, -0.05) is 42.1 Å². The van der Waals surface area contributed by atoms with Crippen molar-refractivity contribution in [2.45, 2.75) is 6.29 Å². The van der Waals surface area contributed by atoms with E-state index in [9.17, 15) is 14.4 Å².